The van der Waals surface area contributed by atoms with Crippen molar-refractivity contribution in [2.75, 3.05) is 6.54 Å². The largest absolute Gasteiger partial charge is 0.389 e. The standard InChI is InChI=1S/C14H23NO/c1-4-9-14(3,16)11-15-10-13-7-5-12(2)6-8-13/h5-8,15-16H,4,9-11H2,1-3H3. The maximum absolute atomic E-state index is 9.97. The van der Waals surface area contributed by atoms with Gasteiger partial charge in [0.1, 0.15) is 0 Å². The number of benzene rings is 1. The van der Waals surface area contributed by atoms with Gasteiger partial charge in [-0.3, -0.25) is 0 Å². The number of nitrogens with one attached hydrogen (secondary N) is 1. The number of hydrogen-bond donors (Lipinski definition) is 2. The molecule has 1 aromatic carbocycles. The van der Waals surface area contributed by atoms with Gasteiger partial charge in [-0.25, -0.2) is 0 Å². The van der Waals surface area contributed by atoms with E-state index in [0.29, 0.717) is 6.54 Å². The minimum atomic E-state index is -0.584. The van der Waals surface area contributed by atoms with Crippen LogP contribution in [0.3, 0.4) is 0 Å². The van der Waals surface area contributed by atoms with E-state index < -0.39 is 5.60 Å². The summed E-state index contributed by atoms with van der Waals surface area (Å²) in [4.78, 5) is 0. The molecule has 90 valence electrons. The summed E-state index contributed by atoms with van der Waals surface area (Å²) >= 11 is 0. The van der Waals surface area contributed by atoms with Gasteiger partial charge < -0.3 is 10.4 Å². The third-order valence-corrected chi connectivity index (χ3v) is 2.74. The molecule has 0 saturated heterocycles. The molecule has 0 saturated carbocycles. The normalized spacial score (nSPS) is 14.8. The van der Waals surface area contributed by atoms with Crippen molar-refractivity contribution in [2.45, 2.75) is 45.8 Å². The topological polar surface area (TPSA) is 32.3 Å². The summed E-state index contributed by atoms with van der Waals surface area (Å²) in [6.07, 6.45) is 1.85. The Bertz CT molecular complexity index is 303. The Morgan fingerprint density at radius 2 is 1.88 bits per heavy atom. The first-order valence-electron chi connectivity index (χ1n) is 6.02. The Labute approximate surface area is 98.7 Å². The maximum atomic E-state index is 9.97. The van der Waals surface area contributed by atoms with E-state index >= 15 is 0 Å². The van der Waals surface area contributed by atoms with Crippen LogP contribution in [-0.4, -0.2) is 17.3 Å². The van der Waals surface area contributed by atoms with Crippen molar-refractivity contribution >= 4 is 0 Å². The van der Waals surface area contributed by atoms with Gasteiger partial charge in [0, 0.05) is 13.1 Å². The molecular weight excluding hydrogens is 198 g/mol. The van der Waals surface area contributed by atoms with Crippen LogP contribution in [0.25, 0.3) is 0 Å². The zero-order valence-corrected chi connectivity index (χ0v) is 10.6. The molecule has 0 aromatic heterocycles. The molecule has 0 aliphatic carbocycles. The fraction of sp³-hybridized carbons (Fsp3) is 0.571. The SMILES string of the molecule is CCCC(C)(O)CNCc1ccc(C)cc1. The molecule has 2 nitrogen and oxygen atoms in total. The van der Waals surface area contributed by atoms with E-state index in [-0.39, 0.29) is 0 Å². The molecule has 0 aliphatic heterocycles. The molecule has 0 bridgehead atoms. The Hall–Kier alpha value is -0.860. The van der Waals surface area contributed by atoms with Crippen LogP contribution >= 0.6 is 0 Å². The summed E-state index contributed by atoms with van der Waals surface area (Å²) in [5.41, 5.74) is 1.96. The average Bonchev–Trinajstić information content (AvgIpc) is 2.20. The second-order valence-electron chi connectivity index (χ2n) is 4.84. The summed E-state index contributed by atoms with van der Waals surface area (Å²) < 4.78 is 0. The van der Waals surface area contributed by atoms with Crippen LogP contribution in [-0.2, 0) is 6.54 Å². The summed E-state index contributed by atoms with van der Waals surface area (Å²) in [5, 5.41) is 13.3. The number of rotatable bonds is 6. The zero-order valence-electron chi connectivity index (χ0n) is 10.6. The van der Waals surface area contributed by atoms with Crippen molar-refractivity contribution < 1.29 is 5.11 Å². The lowest BCUT2D eigenvalue weighted by Gasteiger charge is -2.23. The molecule has 0 amide bonds. The van der Waals surface area contributed by atoms with Crippen LogP contribution in [0.1, 0.15) is 37.8 Å². The van der Waals surface area contributed by atoms with E-state index in [1.807, 2.05) is 6.92 Å². The van der Waals surface area contributed by atoms with Crippen molar-refractivity contribution in [1.29, 1.82) is 0 Å². The van der Waals surface area contributed by atoms with E-state index in [1.165, 1.54) is 11.1 Å². The van der Waals surface area contributed by atoms with Gasteiger partial charge in [0.25, 0.3) is 0 Å². The van der Waals surface area contributed by atoms with E-state index in [4.69, 9.17) is 0 Å². The molecule has 16 heavy (non-hydrogen) atoms. The quantitative estimate of drug-likeness (QED) is 0.774. The average molecular weight is 221 g/mol. The van der Waals surface area contributed by atoms with E-state index in [0.717, 1.165) is 19.4 Å². The predicted molar refractivity (Wildman–Crippen MR) is 68.4 cm³/mol. The molecule has 0 aliphatic rings. The zero-order chi connectivity index (χ0) is 12.0. The fourth-order valence-corrected chi connectivity index (χ4v) is 1.81. The predicted octanol–water partition coefficient (Wildman–Crippen LogP) is 2.64. The van der Waals surface area contributed by atoms with Crippen LogP contribution < -0.4 is 5.32 Å². The first-order chi connectivity index (χ1) is 7.53. The highest BCUT2D eigenvalue weighted by molar-refractivity contribution is 5.21. The Kier molecular flexibility index (Phi) is 4.97. The van der Waals surface area contributed by atoms with Gasteiger partial charge in [-0.2, -0.15) is 0 Å². The minimum Gasteiger partial charge on any atom is -0.389 e. The highest BCUT2D eigenvalue weighted by Gasteiger charge is 2.17. The first kappa shape index (κ1) is 13.2. The van der Waals surface area contributed by atoms with Gasteiger partial charge in [0.2, 0.25) is 0 Å². The van der Waals surface area contributed by atoms with E-state index in [9.17, 15) is 5.11 Å². The molecule has 0 radical (unpaired) electrons. The van der Waals surface area contributed by atoms with Crippen LogP contribution in [0, 0.1) is 6.92 Å². The molecule has 0 fully saturated rings. The first-order valence-corrected chi connectivity index (χ1v) is 6.02. The van der Waals surface area contributed by atoms with Gasteiger partial charge in [-0.15, -0.1) is 0 Å². The number of hydrogen-bond acceptors (Lipinski definition) is 2. The van der Waals surface area contributed by atoms with Crippen molar-refractivity contribution in [3.05, 3.63) is 35.4 Å². The van der Waals surface area contributed by atoms with Crippen molar-refractivity contribution in [1.82, 2.24) is 5.32 Å². The Morgan fingerprint density at radius 1 is 1.25 bits per heavy atom. The highest BCUT2D eigenvalue weighted by Crippen LogP contribution is 2.10. The van der Waals surface area contributed by atoms with Crippen LogP contribution in [0.2, 0.25) is 0 Å². The third-order valence-electron chi connectivity index (χ3n) is 2.74. The molecule has 1 unspecified atom stereocenters. The molecule has 1 atom stereocenters. The summed E-state index contributed by atoms with van der Waals surface area (Å²) in [7, 11) is 0. The van der Waals surface area contributed by atoms with E-state index in [2.05, 4.69) is 43.4 Å². The van der Waals surface area contributed by atoms with Crippen LogP contribution in [0.15, 0.2) is 24.3 Å². The van der Waals surface area contributed by atoms with Crippen molar-refractivity contribution in [2.24, 2.45) is 0 Å². The summed E-state index contributed by atoms with van der Waals surface area (Å²) in [6, 6.07) is 8.47. The van der Waals surface area contributed by atoms with Crippen molar-refractivity contribution in [3.8, 4) is 0 Å². The Morgan fingerprint density at radius 3 is 2.44 bits per heavy atom. The van der Waals surface area contributed by atoms with E-state index in [1.54, 1.807) is 0 Å². The maximum Gasteiger partial charge on any atom is 0.0743 e. The molecule has 0 heterocycles. The summed E-state index contributed by atoms with van der Waals surface area (Å²) in [6.45, 7) is 7.53. The number of aryl methyl sites for hydroxylation is 1. The molecule has 0 spiro atoms. The van der Waals surface area contributed by atoms with Gasteiger partial charge in [0.15, 0.2) is 0 Å². The smallest absolute Gasteiger partial charge is 0.0743 e. The molecular formula is C14H23NO. The molecule has 1 aromatic rings. The van der Waals surface area contributed by atoms with Gasteiger partial charge in [-0.05, 0) is 25.8 Å². The second kappa shape index (κ2) is 6.02. The molecule has 1 rings (SSSR count). The van der Waals surface area contributed by atoms with Gasteiger partial charge >= 0.3 is 0 Å². The second-order valence-corrected chi connectivity index (χ2v) is 4.84. The molecule has 2 N–H and O–H groups in total. The Balaban J connectivity index is 2.32. The number of aliphatic hydroxyl groups is 1. The van der Waals surface area contributed by atoms with Crippen molar-refractivity contribution in [3.63, 3.8) is 0 Å². The van der Waals surface area contributed by atoms with Crippen LogP contribution in [0.4, 0.5) is 0 Å². The lowest BCUT2D eigenvalue weighted by molar-refractivity contribution is 0.0498. The van der Waals surface area contributed by atoms with Crippen LogP contribution in [0.5, 0.6) is 0 Å². The minimum absolute atomic E-state index is 0.584. The highest BCUT2D eigenvalue weighted by atomic mass is 16.3. The van der Waals surface area contributed by atoms with Gasteiger partial charge in [0.05, 0.1) is 5.60 Å². The lowest BCUT2D eigenvalue weighted by Crippen LogP contribution is -2.37. The third kappa shape index (κ3) is 4.77. The lowest BCUT2D eigenvalue weighted by atomic mass is 10.0. The summed E-state index contributed by atoms with van der Waals surface area (Å²) in [5.74, 6) is 0. The molecule has 2 heteroatoms. The fourth-order valence-electron chi connectivity index (χ4n) is 1.81. The van der Waals surface area contributed by atoms with Gasteiger partial charge in [-0.1, -0.05) is 43.2 Å². The monoisotopic (exact) mass is 221 g/mol.